The topological polar surface area (TPSA) is 112 Å². The minimum atomic E-state index is -0.375. The van der Waals surface area contributed by atoms with E-state index in [4.69, 9.17) is 43.9 Å². The molecule has 2 aromatic carbocycles. The third-order valence-corrected chi connectivity index (χ3v) is 6.28. The van der Waals surface area contributed by atoms with Gasteiger partial charge in [-0.1, -0.05) is 12.1 Å². The molecule has 4 rings (SSSR count). The Morgan fingerprint density at radius 3 is 1.73 bits per heavy atom. The zero-order valence-corrected chi connectivity index (χ0v) is 26.6. The Labute approximate surface area is 250 Å². The van der Waals surface area contributed by atoms with E-state index < -0.39 is 0 Å². The average Bonchev–Trinajstić information content (AvgIpc) is 2.94. The molecule has 0 amide bonds. The molecule has 1 radical (unpaired) electrons. The second-order valence-electron chi connectivity index (χ2n) is 9.37. The first kappa shape index (κ1) is 33.3. The molecule has 2 atom stereocenters. The molecule has 0 bridgehead atoms. The van der Waals surface area contributed by atoms with E-state index in [1.165, 1.54) is 0 Å². The van der Waals surface area contributed by atoms with E-state index in [1.807, 2.05) is 18.2 Å². The Morgan fingerprint density at radius 1 is 0.750 bits per heavy atom. The summed E-state index contributed by atoms with van der Waals surface area (Å²) in [5.74, 6) is 2.86. The van der Waals surface area contributed by atoms with Crippen LogP contribution in [0.3, 0.4) is 0 Å². The molecule has 2 unspecified atom stereocenters. The van der Waals surface area contributed by atoms with Crippen molar-refractivity contribution in [3.05, 3.63) is 41.7 Å². The van der Waals surface area contributed by atoms with Gasteiger partial charge in [0.25, 0.3) is 0 Å². The van der Waals surface area contributed by atoms with E-state index in [1.54, 1.807) is 55.5 Å². The fourth-order valence-electron chi connectivity index (χ4n) is 4.46. The SMILES string of the molecule is CC(O)CC(C)O.COc1[c-]c(-c2nc3c(nc2-c2cc(OC)c(OC)c(OC)c2)CCCC3)cc(OC)c1.[Ir]. The van der Waals surface area contributed by atoms with Crippen molar-refractivity contribution in [2.75, 3.05) is 35.5 Å². The molecule has 221 valence electrons. The number of hydrogen-bond donors (Lipinski definition) is 2. The van der Waals surface area contributed by atoms with E-state index in [0.29, 0.717) is 40.9 Å². The van der Waals surface area contributed by atoms with Crippen LogP contribution in [-0.2, 0) is 32.9 Å². The fraction of sp³-hybridized carbons (Fsp3) is 0.467. The molecule has 1 aliphatic carbocycles. The molecule has 1 aliphatic rings. The summed E-state index contributed by atoms with van der Waals surface area (Å²) >= 11 is 0. The van der Waals surface area contributed by atoms with Gasteiger partial charge in [-0.3, -0.25) is 9.97 Å². The summed E-state index contributed by atoms with van der Waals surface area (Å²) in [5.41, 5.74) is 5.03. The number of aromatic nitrogens is 2. The Hall–Kier alpha value is -2.91. The van der Waals surface area contributed by atoms with Crippen molar-refractivity contribution < 1.29 is 54.0 Å². The van der Waals surface area contributed by atoms with Crippen LogP contribution in [0.4, 0.5) is 0 Å². The van der Waals surface area contributed by atoms with Gasteiger partial charge in [0.2, 0.25) is 5.75 Å². The molecule has 1 heterocycles. The first-order valence-electron chi connectivity index (χ1n) is 13.0. The number of fused-ring (bicyclic) bond motifs is 1. The predicted molar refractivity (Wildman–Crippen MR) is 149 cm³/mol. The maximum absolute atomic E-state index is 8.56. The van der Waals surface area contributed by atoms with Crippen LogP contribution in [0, 0.1) is 6.07 Å². The van der Waals surface area contributed by atoms with Crippen molar-refractivity contribution in [2.24, 2.45) is 0 Å². The van der Waals surface area contributed by atoms with Gasteiger partial charge in [0.15, 0.2) is 11.5 Å². The molecule has 0 saturated carbocycles. The van der Waals surface area contributed by atoms with Gasteiger partial charge in [-0.15, -0.1) is 11.6 Å². The summed E-state index contributed by atoms with van der Waals surface area (Å²) in [6, 6.07) is 10.7. The van der Waals surface area contributed by atoms with Crippen LogP contribution in [0.1, 0.15) is 44.5 Å². The Balaban J connectivity index is 0.000000623. The van der Waals surface area contributed by atoms with Crippen molar-refractivity contribution in [1.29, 1.82) is 0 Å². The summed E-state index contributed by atoms with van der Waals surface area (Å²) in [5, 5.41) is 17.1. The van der Waals surface area contributed by atoms with Gasteiger partial charge in [0, 0.05) is 42.9 Å². The molecule has 9 nitrogen and oxygen atoms in total. The second-order valence-corrected chi connectivity index (χ2v) is 9.37. The summed E-state index contributed by atoms with van der Waals surface area (Å²) in [6.07, 6.45) is 3.75. The predicted octanol–water partition coefficient (Wildman–Crippen LogP) is 4.67. The van der Waals surface area contributed by atoms with Crippen LogP contribution in [-0.4, -0.2) is 67.9 Å². The number of nitrogens with zero attached hydrogens (tertiary/aromatic N) is 2. The maximum Gasteiger partial charge on any atom is 0.203 e. The number of rotatable bonds is 9. The summed E-state index contributed by atoms with van der Waals surface area (Å²) < 4.78 is 27.5. The van der Waals surface area contributed by atoms with Gasteiger partial charge in [-0.05, 0) is 58.1 Å². The van der Waals surface area contributed by atoms with Crippen molar-refractivity contribution in [3.63, 3.8) is 0 Å². The Morgan fingerprint density at radius 2 is 1.30 bits per heavy atom. The largest absolute Gasteiger partial charge is 0.516 e. The van der Waals surface area contributed by atoms with E-state index in [9.17, 15) is 0 Å². The van der Waals surface area contributed by atoms with E-state index in [-0.39, 0.29) is 32.3 Å². The minimum absolute atomic E-state index is 0. The van der Waals surface area contributed by atoms with Crippen LogP contribution in [0.2, 0.25) is 0 Å². The molecule has 0 spiro atoms. The molecule has 0 aliphatic heterocycles. The van der Waals surface area contributed by atoms with Crippen molar-refractivity contribution >= 4 is 0 Å². The zero-order chi connectivity index (χ0) is 28.5. The molecule has 40 heavy (non-hydrogen) atoms. The van der Waals surface area contributed by atoms with Gasteiger partial charge in [-0.2, -0.15) is 0 Å². The number of aliphatic hydroxyl groups is 2. The van der Waals surface area contributed by atoms with E-state index >= 15 is 0 Å². The number of benzene rings is 2. The van der Waals surface area contributed by atoms with Crippen molar-refractivity contribution in [3.8, 4) is 51.3 Å². The normalized spacial score (nSPS) is 13.4. The fourth-order valence-corrected chi connectivity index (χ4v) is 4.46. The smallest absolute Gasteiger partial charge is 0.203 e. The van der Waals surface area contributed by atoms with E-state index in [0.717, 1.165) is 53.9 Å². The molecule has 0 saturated heterocycles. The summed E-state index contributed by atoms with van der Waals surface area (Å²) in [4.78, 5) is 10.1. The van der Waals surface area contributed by atoms with Crippen LogP contribution >= 0.6 is 0 Å². The standard InChI is InChI=1S/C25H27N2O5.C5H12O2.Ir/c1-28-17-10-15(11-18(14-17)29-2)23-24(27-20-9-7-6-8-19(20)26-23)16-12-21(30-3)25(32-5)22(13-16)31-4;1-4(6)3-5(2)7;/h10,12-14H,6-9H2,1-5H3;4-7H,3H2,1-2H3;/q-1;;. The number of aryl methyl sites for hydroxylation is 2. The molecule has 2 N–H and O–H groups in total. The molecule has 10 heteroatoms. The number of hydrogen-bond acceptors (Lipinski definition) is 9. The van der Waals surface area contributed by atoms with Gasteiger partial charge in [0.1, 0.15) is 0 Å². The third kappa shape index (κ3) is 8.30. The van der Waals surface area contributed by atoms with Crippen LogP contribution in [0.5, 0.6) is 28.7 Å². The first-order valence-corrected chi connectivity index (χ1v) is 13.0. The Bertz CT molecular complexity index is 1200. The maximum atomic E-state index is 8.56. The van der Waals surface area contributed by atoms with Crippen LogP contribution in [0.25, 0.3) is 22.5 Å². The van der Waals surface area contributed by atoms with E-state index in [2.05, 4.69) is 6.07 Å². The number of aliphatic hydroxyl groups excluding tert-OH is 2. The van der Waals surface area contributed by atoms with Crippen LogP contribution < -0.4 is 23.7 Å². The van der Waals surface area contributed by atoms with Crippen molar-refractivity contribution in [1.82, 2.24) is 9.97 Å². The third-order valence-electron chi connectivity index (χ3n) is 6.28. The molecule has 0 fully saturated rings. The first-order chi connectivity index (χ1) is 18.7. The van der Waals surface area contributed by atoms with Gasteiger partial charge >= 0.3 is 0 Å². The molecular formula is C30H39IrN2O7-. The summed E-state index contributed by atoms with van der Waals surface area (Å²) in [7, 11) is 8.01. The quantitative estimate of drug-likeness (QED) is 0.304. The average molecular weight is 732 g/mol. The van der Waals surface area contributed by atoms with Gasteiger partial charge in [-0.25, -0.2) is 0 Å². The van der Waals surface area contributed by atoms with Gasteiger partial charge < -0.3 is 33.9 Å². The second kappa shape index (κ2) is 15.8. The van der Waals surface area contributed by atoms with Gasteiger partial charge in [0.05, 0.1) is 64.8 Å². The summed E-state index contributed by atoms with van der Waals surface area (Å²) in [6.45, 7) is 3.32. The number of methoxy groups -OCH3 is 5. The molecular weight excluding hydrogens is 693 g/mol. The molecule has 3 aromatic rings. The zero-order valence-electron chi connectivity index (χ0n) is 24.2. The number of ether oxygens (including phenoxy) is 5. The monoisotopic (exact) mass is 732 g/mol. The van der Waals surface area contributed by atoms with Crippen LogP contribution in [0.15, 0.2) is 24.3 Å². The van der Waals surface area contributed by atoms with Crippen molar-refractivity contribution in [2.45, 2.75) is 58.2 Å². The Kier molecular flexibility index (Phi) is 13.1. The molecule has 1 aromatic heterocycles. The minimum Gasteiger partial charge on any atom is -0.516 e.